The number of benzene rings is 4. The van der Waals surface area contributed by atoms with E-state index in [9.17, 15) is 15.0 Å². The van der Waals surface area contributed by atoms with Crippen LogP contribution in [0.2, 0.25) is 10.0 Å². The number of aliphatic hydroxyl groups is 2. The molecule has 0 bridgehead atoms. The first-order valence-corrected chi connectivity index (χ1v) is 20.1. The Hall–Kier alpha value is -3.65. The maximum absolute atomic E-state index is 12.0. The lowest BCUT2D eigenvalue weighted by Gasteiger charge is -2.32. The van der Waals surface area contributed by atoms with E-state index in [4.69, 9.17) is 32.7 Å². The van der Waals surface area contributed by atoms with Crippen molar-refractivity contribution in [3.63, 3.8) is 0 Å². The molecular weight excluding hydrogens is 717 g/mol. The highest BCUT2D eigenvalue weighted by Crippen LogP contribution is 2.45. The Labute approximate surface area is 330 Å². The summed E-state index contributed by atoms with van der Waals surface area (Å²) in [6.07, 6.45) is 3.48. The van der Waals surface area contributed by atoms with Crippen LogP contribution in [0.3, 0.4) is 0 Å². The predicted octanol–water partition coefficient (Wildman–Crippen LogP) is 10.1. The Balaban J connectivity index is 1.25. The summed E-state index contributed by atoms with van der Waals surface area (Å²) >= 11 is 14.7. The summed E-state index contributed by atoms with van der Waals surface area (Å²) in [5.74, 6) is 0.555. The third kappa shape index (κ3) is 8.90. The number of carbonyl (C=O) groups is 1. The standard InChI is InChI=1S/C46H53Cl2NO5/c1-6-53-28(3)22-35(51)26-49-21-20-33-17-19-37(30(5)43(33)27-49)39-11-9-13-41(46(39)48)40-12-8-10-38(45(40)47)36-18-16-32-15-14-31(24-42(32)29(36)4)23-34(50)25-44(52)54-7-2/h8-13,16-19,31,34-35,50-51H,3,6-7,14-15,20-27H2,1-2,4-5H3/t31?,34-,35+/m1/s1. The highest BCUT2D eigenvalue weighted by molar-refractivity contribution is 6.39. The lowest BCUT2D eigenvalue weighted by Crippen LogP contribution is -2.37. The molecule has 4 aromatic rings. The SMILES string of the molecule is C=C(C[C@H](O)CN1CCc2ccc(-c3cccc(-c4cccc(-c5ccc6c(c5C)CC(C[C@@H](O)CC(=O)OCC)CC6)c4Cl)c3Cl)c(C)c2C1)OCC. The number of fused-ring (bicyclic) bond motifs is 2. The van der Waals surface area contributed by atoms with E-state index in [2.05, 4.69) is 61.7 Å². The first kappa shape index (κ1) is 40.0. The van der Waals surface area contributed by atoms with E-state index in [0.29, 0.717) is 48.4 Å². The van der Waals surface area contributed by atoms with Gasteiger partial charge in [-0.15, -0.1) is 0 Å². The molecule has 1 aliphatic heterocycles. The van der Waals surface area contributed by atoms with Crippen LogP contribution in [0, 0.1) is 19.8 Å². The maximum Gasteiger partial charge on any atom is 0.308 e. The van der Waals surface area contributed by atoms with Gasteiger partial charge in [-0.1, -0.05) is 90.4 Å². The second-order valence-corrected chi connectivity index (χ2v) is 15.7. The molecule has 0 fully saturated rings. The molecule has 1 aliphatic carbocycles. The number of aryl methyl sites for hydroxylation is 1. The van der Waals surface area contributed by atoms with Gasteiger partial charge >= 0.3 is 5.97 Å². The van der Waals surface area contributed by atoms with E-state index in [1.54, 1.807) is 6.92 Å². The van der Waals surface area contributed by atoms with Gasteiger partial charge in [0.15, 0.2) is 0 Å². The van der Waals surface area contributed by atoms with Crippen molar-refractivity contribution in [2.45, 2.75) is 91.4 Å². The fourth-order valence-corrected chi connectivity index (χ4v) is 9.19. The van der Waals surface area contributed by atoms with Gasteiger partial charge < -0.3 is 19.7 Å². The summed E-state index contributed by atoms with van der Waals surface area (Å²) < 4.78 is 10.5. The highest BCUT2D eigenvalue weighted by Gasteiger charge is 2.27. The molecule has 6 rings (SSSR count). The van der Waals surface area contributed by atoms with Gasteiger partial charge in [0, 0.05) is 48.3 Å². The molecule has 3 atom stereocenters. The molecule has 0 saturated carbocycles. The van der Waals surface area contributed by atoms with E-state index >= 15 is 0 Å². The average Bonchev–Trinajstić information content (AvgIpc) is 3.13. The van der Waals surface area contributed by atoms with Crippen molar-refractivity contribution in [2.75, 3.05) is 26.3 Å². The van der Waals surface area contributed by atoms with Gasteiger partial charge in [0.2, 0.25) is 0 Å². The number of rotatable bonds is 14. The molecule has 6 nitrogen and oxygen atoms in total. The van der Waals surface area contributed by atoms with Crippen LogP contribution in [0.25, 0.3) is 33.4 Å². The van der Waals surface area contributed by atoms with Crippen molar-refractivity contribution in [3.05, 3.63) is 116 Å². The molecule has 54 heavy (non-hydrogen) atoms. The van der Waals surface area contributed by atoms with Gasteiger partial charge in [-0.05, 0) is 110 Å². The van der Waals surface area contributed by atoms with E-state index in [1.807, 2.05) is 31.2 Å². The third-order valence-electron chi connectivity index (χ3n) is 11.2. The largest absolute Gasteiger partial charge is 0.499 e. The lowest BCUT2D eigenvalue weighted by molar-refractivity contribution is -0.145. The van der Waals surface area contributed by atoms with E-state index in [0.717, 1.165) is 72.2 Å². The van der Waals surface area contributed by atoms with Crippen molar-refractivity contribution in [1.29, 1.82) is 0 Å². The van der Waals surface area contributed by atoms with Gasteiger partial charge in [-0.25, -0.2) is 0 Å². The molecule has 286 valence electrons. The second kappa shape index (κ2) is 17.9. The minimum Gasteiger partial charge on any atom is -0.499 e. The molecule has 0 radical (unpaired) electrons. The molecule has 0 spiro atoms. The number of nitrogens with zero attached hydrogens (tertiary/aromatic N) is 1. The number of hydrogen-bond donors (Lipinski definition) is 2. The minimum atomic E-state index is -0.707. The Morgan fingerprint density at radius 2 is 1.33 bits per heavy atom. The van der Waals surface area contributed by atoms with Crippen LogP contribution in [0.1, 0.15) is 72.9 Å². The lowest BCUT2D eigenvalue weighted by atomic mass is 9.77. The summed E-state index contributed by atoms with van der Waals surface area (Å²) in [5.41, 5.74) is 13.5. The number of carbonyl (C=O) groups excluding carboxylic acids is 1. The Kier molecular flexibility index (Phi) is 13.2. The highest BCUT2D eigenvalue weighted by atomic mass is 35.5. The molecule has 1 unspecified atom stereocenters. The van der Waals surface area contributed by atoms with Crippen LogP contribution < -0.4 is 0 Å². The summed E-state index contributed by atoms with van der Waals surface area (Å²) in [7, 11) is 0. The quantitative estimate of drug-likeness (QED) is 0.0982. The van der Waals surface area contributed by atoms with Crippen molar-refractivity contribution in [3.8, 4) is 33.4 Å². The van der Waals surface area contributed by atoms with Crippen LogP contribution >= 0.6 is 23.2 Å². The normalized spacial score (nSPS) is 16.6. The predicted molar refractivity (Wildman–Crippen MR) is 220 cm³/mol. The zero-order chi connectivity index (χ0) is 38.5. The van der Waals surface area contributed by atoms with E-state index in [-0.39, 0.29) is 18.3 Å². The fourth-order valence-electron chi connectivity index (χ4n) is 8.54. The summed E-state index contributed by atoms with van der Waals surface area (Å²) in [6.45, 7) is 15.1. The molecule has 0 amide bonds. The Morgan fingerprint density at radius 3 is 1.93 bits per heavy atom. The average molecular weight is 771 g/mol. The van der Waals surface area contributed by atoms with Crippen molar-refractivity contribution in [1.82, 2.24) is 4.90 Å². The molecule has 4 aromatic carbocycles. The van der Waals surface area contributed by atoms with Crippen LogP contribution in [0.4, 0.5) is 0 Å². The smallest absolute Gasteiger partial charge is 0.308 e. The molecule has 0 aromatic heterocycles. The summed E-state index contributed by atoms with van der Waals surface area (Å²) in [4.78, 5) is 14.3. The molecule has 2 N–H and O–H groups in total. The number of β-amino-alcohol motifs (C(OH)–C–C–N with tert-alkyl or cyclic N) is 1. The number of hydrogen-bond acceptors (Lipinski definition) is 6. The van der Waals surface area contributed by atoms with Crippen molar-refractivity contribution >= 4 is 29.2 Å². The van der Waals surface area contributed by atoms with Gasteiger partial charge in [0.05, 0.1) is 47.6 Å². The summed E-state index contributed by atoms with van der Waals surface area (Å²) in [6, 6.07) is 21.1. The van der Waals surface area contributed by atoms with Gasteiger partial charge in [0.1, 0.15) is 0 Å². The van der Waals surface area contributed by atoms with Crippen LogP contribution in [-0.4, -0.2) is 59.6 Å². The minimum absolute atomic E-state index is 0.0326. The van der Waals surface area contributed by atoms with Crippen molar-refractivity contribution < 1.29 is 24.5 Å². The third-order valence-corrected chi connectivity index (χ3v) is 12.1. The zero-order valence-electron chi connectivity index (χ0n) is 32.0. The molecule has 1 heterocycles. The molecular formula is C46H53Cl2NO5. The fraction of sp³-hybridized carbons (Fsp3) is 0.413. The van der Waals surface area contributed by atoms with Crippen LogP contribution in [0.15, 0.2) is 73.0 Å². The van der Waals surface area contributed by atoms with E-state index in [1.165, 1.54) is 33.4 Å². The number of ether oxygens (including phenoxy) is 2. The van der Waals surface area contributed by atoms with Crippen LogP contribution in [0.5, 0.6) is 0 Å². The first-order valence-electron chi connectivity index (χ1n) is 19.3. The Morgan fingerprint density at radius 1 is 0.778 bits per heavy atom. The second-order valence-electron chi connectivity index (χ2n) is 14.9. The monoisotopic (exact) mass is 769 g/mol. The molecule has 8 heteroatoms. The number of esters is 1. The number of halogens is 2. The molecule has 2 aliphatic rings. The first-order chi connectivity index (χ1) is 26.0. The zero-order valence-corrected chi connectivity index (χ0v) is 33.5. The van der Waals surface area contributed by atoms with Crippen LogP contribution in [-0.2, 0) is 40.1 Å². The maximum atomic E-state index is 12.0. The molecule has 0 saturated heterocycles. The van der Waals surface area contributed by atoms with Crippen molar-refractivity contribution in [2.24, 2.45) is 5.92 Å². The summed E-state index contributed by atoms with van der Waals surface area (Å²) in [5, 5.41) is 22.7. The van der Waals surface area contributed by atoms with Gasteiger partial charge in [-0.2, -0.15) is 0 Å². The van der Waals surface area contributed by atoms with E-state index < -0.39 is 12.2 Å². The topological polar surface area (TPSA) is 79.2 Å². The Bertz CT molecular complexity index is 1860. The van der Waals surface area contributed by atoms with Gasteiger partial charge in [0.25, 0.3) is 0 Å². The van der Waals surface area contributed by atoms with Gasteiger partial charge in [-0.3, -0.25) is 9.69 Å². The number of aliphatic hydroxyl groups excluding tert-OH is 2.